The Hall–Kier alpha value is -3.81. The zero-order valence-corrected chi connectivity index (χ0v) is 21.2. The van der Waals surface area contributed by atoms with Gasteiger partial charge in [0.05, 0.1) is 11.6 Å². The van der Waals surface area contributed by atoms with E-state index in [0.29, 0.717) is 16.3 Å². The monoisotopic (exact) mass is 560 g/mol. The van der Waals surface area contributed by atoms with Crippen molar-refractivity contribution in [1.82, 2.24) is 4.98 Å². The molecule has 1 aliphatic rings. The Morgan fingerprint density at radius 1 is 1.08 bits per heavy atom. The number of nitrogens with zero attached hydrogens (tertiary/aromatic N) is 1. The lowest BCUT2D eigenvalue weighted by atomic mass is 9.92. The average molecular weight is 562 g/mol. The summed E-state index contributed by atoms with van der Waals surface area (Å²) < 4.78 is 6.69. The maximum atomic E-state index is 13.9. The summed E-state index contributed by atoms with van der Waals surface area (Å²) in [5, 5.41) is 13.2. The standard InChI is InChI=1S/C28H18BrClN2O4/c1-14-23(19-4-2-3-5-20(19)31-14)25-24(26(33)22-13-15-12-16(29)6-11-21(15)36-22)27(34)28(35)32(25)18-9-7-17(30)8-10-18/h2-13,25,31,34H,1H3. The number of para-hydroxylation sites is 1. The van der Waals surface area contributed by atoms with Crippen molar-refractivity contribution < 1.29 is 19.1 Å². The minimum atomic E-state index is -0.887. The van der Waals surface area contributed by atoms with Crippen LogP contribution in [0.3, 0.4) is 0 Å². The Kier molecular flexibility index (Phi) is 5.28. The molecule has 178 valence electrons. The quantitative estimate of drug-likeness (QED) is 0.224. The number of aliphatic hydroxyl groups is 1. The van der Waals surface area contributed by atoms with E-state index in [0.717, 1.165) is 32.0 Å². The van der Waals surface area contributed by atoms with Gasteiger partial charge in [0.25, 0.3) is 5.91 Å². The minimum absolute atomic E-state index is 0.0397. The van der Waals surface area contributed by atoms with Crippen molar-refractivity contribution in [3.8, 4) is 0 Å². The minimum Gasteiger partial charge on any atom is -0.503 e. The first-order valence-corrected chi connectivity index (χ1v) is 12.3. The lowest BCUT2D eigenvalue weighted by molar-refractivity contribution is -0.117. The number of anilines is 1. The van der Waals surface area contributed by atoms with E-state index in [4.69, 9.17) is 16.0 Å². The van der Waals surface area contributed by atoms with E-state index >= 15 is 0 Å². The van der Waals surface area contributed by atoms with Gasteiger partial charge in [0.15, 0.2) is 11.5 Å². The van der Waals surface area contributed by atoms with Gasteiger partial charge in [0, 0.05) is 42.7 Å². The molecule has 1 unspecified atom stereocenters. The predicted octanol–water partition coefficient (Wildman–Crippen LogP) is 7.42. The lowest BCUT2D eigenvalue weighted by Crippen LogP contribution is -2.31. The van der Waals surface area contributed by atoms with E-state index < -0.39 is 23.5 Å². The first-order valence-electron chi connectivity index (χ1n) is 11.2. The van der Waals surface area contributed by atoms with Crippen LogP contribution < -0.4 is 4.90 Å². The molecule has 6 rings (SSSR count). The number of carbonyl (C=O) groups excluding carboxylic acids is 2. The molecule has 3 aromatic carbocycles. The van der Waals surface area contributed by atoms with E-state index in [2.05, 4.69) is 20.9 Å². The zero-order valence-electron chi connectivity index (χ0n) is 18.9. The highest BCUT2D eigenvalue weighted by molar-refractivity contribution is 9.10. The van der Waals surface area contributed by atoms with Crippen LogP contribution in [0.2, 0.25) is 5.02 Å². The van der Waals surface area contributed by atoms with E-state index in [1.165, 1.54) is 4.90 Å². The topological polar surface area (TPSA) is 86.5 Å². The molecular formula is C28H18BrClN2O4. The number of hydrogen-bond donors (Lipinski definition) is 2. The van der Waals surface area contributed by atoms with Gasteiger partial charge in [-0.25, -0.2) is 0 Å². The second-order valence-corrected chi connectivity index (χ2v) is 10.00. The molecule has 1 aliphatic heterocycles. The molecule has 0 aliphatic carbocycles. The van der Waals surface area contributed by atoms with Crippen LogP contribution in [0.4, 0.5) is 5.69 Å². The van der Waals surface area contributed by atoms with Crippen molar-refractivity contribution in [1.29, 1.82) is 0 Å². The largest absolute Gasteiger partial charge is 0.503 e. The summed E-state index contributed by atoms with van der Waals surface area (Å²) in [6, 6.07) is 20.5. The van der Waals surface area contributed by atoms with Gasteiger partial charge in [0.1, 0.15) is 5.58 Å². The number of Topliss-reactive ketones (excluding diaryl/α,β-unsaturated/α-hetero) is 1. The molecule has 0 saturated heterocycles. The maximum absolute atomic E-state index is 13.9. The van der Waals surface area contributed by atoms with Crippen LogP contribution in [-0.4, -0.2) is 21.8 Å². The molecule has 2 aromatic heterocycles. The maximum Gasteiger partial charge on any atom is 0.294 e. The molecule has 0 saturated carbocycles. The molecule has 36 heavy (non-hydrogen) atoms. The molecule has 0 bridgehead atoms. The number of benzene rings is 3. The third-order valence-electron chi connectivity index (χ3n) is 6.48. The third-order valence-corrected chi connectivity index (χ3v) is 7.22. The molecule has 1 atom stereocenters. The number of aromatic amines is 1. The lowest BCUT2D eigenvalue weighted by Gasteiger charge is -2.27. The van der Waals surface area contributed by atoms with E-state index in [1.54, 1.807) is 36.4 Å². The molecule has 6 nitrogen and oxygen atoms in total. The number of carbonyl (C=O) groups is 2. The van der Waals surface area contributed by atoms with Gasteiger partial charge in [-0.05, 0) is 61.5 Å². The SMILES string of the molecule is Cc1[nH]c2ccccc2c1C1C(C(=O)c2cc3cc(Br)ccc3o2)=C(O)C(=O)N1c1ccc(Cl)cc1. The summed E-state index contributed by atoms with van der Waals surface area (Å²) in [4.78, 5) is 32.2. The predicted molar refractivity (Wildman–Crippen MR) is 143 cm³/mol. The van der Waals surface area contributed by atoms with Gasteiger partial charge in [-0.2, -0.15) is 0 Å². The van der Waals surface area contributed by atoms with Crippen molar-refractivity contribution in [3.05, 3.63) is 111 Å². The van der Waals surface area contributed by atoms with E-state index in [-0.39, 0.29) is 11.3 Å². The normalized spacial score (nSPS) is 16.0. The smallest absolute Gasteiger partial charge is 0.294 e. The first-order chi connectivity index (χ1) is 17.3. The Bertz CT molecular complexity index is 1730. The van der Waals surface area contributed by atoms with Gasteiger partial charge in [-0.15, -0.1) is 0 Å². The number of nitrogens with one attached hydrogen (secondary N) is 1. The number of amides is 1. The number of hydrogen-bond acceptors (Lipinski definition) is 4. The van der Waals surface area contributed by atoms with E-state index in [1.807, 2.05) is 43.3 Å². The fourth-order valence-electron chi connectivity index (χ4n) is 4.89. The number of aromatic nitrogens is 1. The number of furan rings is 1. The number of H-pyrrole nitrogens is 1. The van der Waals surface area contributed by atoms with Gasteiger partial charge in [-0.3, -0.25) is 14.5 Å². The number of halogens is 2. The summed E-state index contributed by atoms with van der Waals surface area (Å²) in [6.07, 6.45) is 0. The van der Waals surface area contributed by atoms with E-state index in [9.17, 15) is 14.7 Å². The van der Waals surface area contributed by atoms with Crippen LogP contribution in [0.5, 0.6) is 0 Å². The summed E-state index contributed by atoms with van der Waals surface area (Å²) in [7, 11) is 0. The second-order valence-electron chi connectivity index (χ2n) is 8.65. The van der Waals surface area contributed by atoms with Gasteiger partial charge >= 0.3 is 0 Å². The van der Waals surface area contributed by atoms with Gasteiger partial charge in [0.2, 0.25) is 5.78 Å². The number of ketones is 1. The second kappa shape index (κ2) is 8.40. The molecule has 0 radical (unpaired) electrons. The third kappa shape index (κ3) is 3.46. The van der Waals surface area contributed by atoms with Crippen molar-refractivity contribution >= 4 is 66.8 Å². The molecular weight excluding hydrogens is 544 g/mol. The Morgan fingerprint density at radius 3 is 2.61 bits per heavy atom. The highest BCUT2D eigenvalue weighted by Crippen LogP contribution is 2.45. The van der Waals surface area contributed by atoms with Gasteiger partial charge < -0.3 is 14.5 Å². The van der Waals surface area contributed by atoms with Crippen molar-refractivity contribution in [2.45, 2.75) is 13.0 Å². The Balaban J connectivity index is 1.57. The summed E-state index contributed by atoms with van der Waals surface area (Å²) in [5.41, 5.74) is 3.35. The highest BCUT2D eigenvalue weighted by Gasteiger charge is 2.46. The zero-order chi connectivity index (χ0) is 25.1. The fourth-order valence-corrected chi connectivity index (χ4v) is 5.39. The molecule has 0 fully saturated rings. The average Bonchev–Trinajstić information content (AvgIpc) is 3.50. The van der Waals surface area contributed by atoms with Crippen LogP contribution >= 0.6 is 27.5 Å². The van der Waals surface area contributed by atoms with Crippen LogP contribution in [0.25, 0.3) is 21.9 Å². The van der Waals surface area contributed by atoms with Gasteiger partial charge in [-0.1, -0.05) is 45.7 Å². The molecule has 0 spiro atoms. The summed E-state index contributed by atoms with van der Waals surface area (Å²) in [6.45, 7) is 1.88. The summed E-state index contributed by atoms with van der Waals surface area (Å²) >= 11 is 9.52. The number of aliphatic hydroxyl groups excluding tert-OH is 1. The first kappa shape index (κ1) is 22.6. The molecule has 2 N–H and O–H groups in total. The molecule has 5 aromatic rings. The highest BCUT2D eigenvalue weighted by atomic mass is 79.9. The molecule has 3 heterocycles. The van der Waals surface area contributed by atoms with Crippen LogP contribution in [0, 0.1) is 6.92 Å². The van der Waals surface area contributed by atoms with Crippen LogP contribution in [0.15, 0.2) is 93.0 Å². The van der Waals surface area contributed by atoms with Crippen molar-refractivity contribution in [2.24, 2.45) is 0 Å². The Labute approximate surface area is 218 Å². The molecule has 1 amide bonds. The fraction of sp³-hybridized carbons (Fsp3) is 0.0714. The van der Waals surface area contributed by atoms with Crippen LogP contribution in [0.1, 0.15) is 27.9 Å². The Morgan fingerprint density at radius 2 is 1.83 bits per heavy atom. The van der Waals surface area contributed by atoms with Crippen LogP contribution in [-0.2, 0) is 4.79 Å². The van der Waals surface area contributed by atoms with Crippen molar-refractivity contribution in [2.75, 3.05) is 4.90 Å². The number of rotatable bonds is 4. The number of aryl methyl sites for hydroxylation is 1. The van der Waals surface area contributed by atoms with Crippen molar-refractivity contribution in [3.63, 3.8) is 0 Å². The number of fused-ring (bicyclic) bond motifs is 2. The molecule has 8 heteroatoms. The summed E-state index contributed by atoms with van der Waals surface area (Å²) in [5.74, 6) is -1.79.